The third kappa shape index (κ3) is 3.72. The van der Waals surface area contributed by atoms with E-state index in [1.807, 2.05) is 0 Å². The number of rotatable bonds is 8. The quantitative estimate of drug-likeness (QED) is 0.740. The highest BCUT2D eigenvalue weighted by molar-refractivity contribution is 7.95. The molecule has 1 aliphatic carbocycles. The van der Waals surface area contributed by atoms with Crippen LogP contribution in [0, 0.1) is 11.8 Å². The second-order valence-corrected chi connectivity index (χ2v) is 10.7. The Balaban J connectivity index is 1.63. The molecule has 1 N–H and O–H groups in total. The zero-order chi connectivity index (χ0) is 15.8. The predicted molar refractivity (Wildman–Crippen MR) is 82.9 cm³/mol. The number of sulfone groups is 2. The fourth-order valence-electron chi connectivity index (χ4n) is 3.00. The first-order chi connectivity index (χ1) is 10.4. The van der Waals surface area contributed by atoms with Crippen molar-refractivity contribution in [1.82, 2.24) is 5.32 Å². The van der Waals surface area contributed by atoms with Gasteiger partial charge in [0.1, 0.15) is 11.5 Å². The number of nitrogens with one attached hydrogen (secondary N) is 1. The summed E-state index contributed by atoms with van der Waals surface area (Å²) in [5.74, 6) is -0.142. The lowest BCUT2D eigenvalue weighted by Gasteiger charge is -2.34. The van der Waals surface area contributed by atoms with Gasteiger partial charge in [0.05, 0.1) is 23.0 Å². The van der Waals surface area contributed by atoms with Crippen LogP contribution in [-0.4, -0.2) is 46.7 Å². The first kappa shape index (κ1) is 16.0. The highest BCUT2D eigenvalue weighted by Gasteiger charge is 2.46. The first-order valence-corrected chi connectivity index (χ1v) is 11.1. The van der Waals surface area contributed by atoms with Crippen molar-refractivity contribution in [2.75, 3.05) is 24.6 Å². The summed E-state index contributed by atoms with van der Waals surface area (Å²) in [5.41, 5.74) is 0. The van der Waals surface area contributed by atoms with E-state index in [2.05, 4.69) is 5.32 Å². The maximum atomic E-state index is 12.6. The second kappa shape index (κ2) is 5.98. The summed E-state index contributed by atoms with van der Waals surface area (Å²) >= 11 is 0. The summed E-state index contributed by atoms with van der Waals surface area (Å²) in [6, 6.07) is 3.20. The standard InChI is InChI=1S/C14H21NO5S2/c16-21(17,10-13-2-1-5-20-13)6-7-22(18,19)14(11-3-4-11)12-8-15-9-12/h1-2,5,11-12,14-15H,3-4,6-10H2. The molecular formula is C14H21NO5S2. The van der Waals surface area contributed by atoms with Gasteiger partial charge < -0.3 is 9.73 Å². The summed E-state index contributed by atoms with van der Waals surface area (Å²) in [6.45, 7) is 1.44. The Hall–Kier alpha value is -0.860. The van der Waals surface area contributed by atoms with Crippen molar-refractivity contribution >= 4 is 19.7 Å². The molecule has 1 saturated heterocycles. The van der Waals surface area contributed by atoms with Crippen LogP contribution < -0.4 is 5.32 Å². The summed E-state index contributed by atoms with van der Waals surface area (Å²) in [4.78, 5) is 0. The molecule has 1 atom stereocenters. The largest absolute Gasteiger partial charge is 0.468 e. The van der Waals surface area contributed by atoms with E-state index in [4.69, 9.17) is 4.42 Å². The molecule has 1 saturated carbocycles. The lowest BCUT2D eigenvalue weighted by molar-refractivity contribution is 0.313. The van der Waals surface area contributed by atoms with Gasteiger partial charge in [-0.2, -0.15) is 0 Å². The summed E-state index contributed by atoms with van der Waals surface area (Å²) in [6.07, 6.45) is 3.30. The molecule has 22 heavy (non-hydrogen) atoms. The molecule has 2 fully saturated rings. The average Bonchev–Trinajstić information content (AvgIpc) is 3.09. The van der Waals surface area contributed by atoms with Crippen LogP contribution in [0.3, 0.4) is 0 Å². The van der Waals surface area contributed by atoms with E-state index < -0.39 is 19.7 Å². The third-order valence-corrected chi connectivity index (χ3v) is 8.58. The molecule has 0 amide bonds. The zero-order valence-electron chi connectivity index (χ0n) is 12.3. The predicted octanol–water partition coefficient (Wildman–Crippen LogP) is 0.607. The Morgan fingerprint density at radius 3 is 2.36 bits per heavy atom. The van der Waals surface area contributed by atoms with Crippen LogP contribution in [0.25, 0.3) is 0 Å². The molecule has 2 heterocycles. The molecule has 1 aliphatic heterocycles. The fraction of sp³-hybridized carbons (Fsp3) is 0.714. The molecule has 0 aromatic carbocycles. The SMILES string of the molecule is O=S(=O)(CCS(=O)(=O)C(C1CC1)C1CNC1)Cc1ccco1. The number of furan rings is 1. The minimum atomic E-state index is -3.48. The Morgan fingerprint density at radius 1 is 1.14 bits per heavy atom. The van der Waals surface area contributed by atoms with E-state index >= 15 is 0 Å². The molecule has 124 valence electrons. The van der Waals surface area contributed by atoms with Gasteiger partial charge in [-0.15, -0.1) is 0 Å². The van der Waals surface area contributed by atoms with E-state index in [0.29, 0.717) is 5.76 Å². The molecule has 2 aliphatic rings. The molecule has 0 spiro atoms. The van der Waals surface area contributed by atoms with E-state index in [1.54, 1.807) is 12.1 Å². The fourth-order valence-corrected chi connectivity index (χ4v) is 7.60. The van der Waals surface area contributed by atoms with E-state index in [-0.39, 0.29) is 34.3 Å². The van der Waals surface area contributed by atoms with Crippen molar-refractivity contribution in [3.63, 3.8) is 0 Å². The molecule has 6 nitrogen and oxygen atoms in total. The highest BCUT2D eigenvalue weighted by Crippen LogP contribution is 2.41. The van der Waals surface area contributed by atoms with Gasteiger partial charge in [-0.25, -0.2) is 16.8 Å². The van der Waals surface area contributed by atoms with Crippen LogP contribution in [0.2, 0.25) is 0 Å². The Labute approximate surface area is 131 Å². The second-order valence-electron chi connectivity index (χ2n) is 6.26. The van der Waals surface area contributed by atoms with Crippen LogP contribution in [0.4, 0.5) is 0 Å². The lowest BCUT2D eigenvalue weighted by atomic mass is 9.96. The molecule has 0 radical (unpaired) electrons. The Morgan fingerprint density at radius 2 is 1.86 bits per heavy atom. The third-order valence-electron chi connectivity index (χ3n) is 4.40. The smallest absolute Gasteiger partial charge is 0.158 e. The Kier molecular flexibility index (Phi) is 4.35. The van der Waals surface area contributed by atoms with Crippen molar-refractivity contribution in [3.8, 4) is 0 Å². The van der Waals surface area contributed by atoms with Crippen molar-refractivity contribution in [1.29, 1.82) is 0 Å². The monoisotopic (exact) mass is 347 g/mol. The molecule has 1 aromatic rings. The summed E-state index contributed by atoms with van der Waals surface area (Å²) < 4.78 is 54.3. The van der Waals surface area contributed by atoms with Gasteiger partial charge in [0.25, 0.3) is 0 Å². The van der Waals surface area contributed by atoms with Crippen LogP contribution in [0.15, 0.2) is 22.8 Å². The zero-order valence-corrected chi connectivity index (χ0v) is 13.9. The summed E-state index contributed by atoms with van der Waals surface area (Å²) in [7, 11) is -6.86. The number of hydrogen-bond donors (Lipinski definition) is 1. The van der Waals surface area contributed by atoms with Gasteiger partial charge >= 0.3 is 0 Å². The molecule has 1 unspecified atom stereocenters. The minimum absolute atomic E-state index is 0.144. The van der Waals surface area contributed by atoms with Crippen molar-refractivity contribution in [2.24, 2.45) is 11.8 Å². The van der Waals surface area contributed by atoms with Gasteiger partial charge in [-0.05, 0) is 30.9 Å². The highest BCUT2D eigenvalue weighted by atomic mass is 32.2. The lowest BCUT2D eigenvalue weighted by Crippen LogP contribution is -2.52. The van der Waals surface area contributed by atoms with Gasteiger partial charge in [-0.1, -0.05) is 0 Å². The topological polar surface area (TPSA) is 93.5 Å². The van der Waals surface area contributed by atoms with Crippen molar-refractivity contribution < 1.29 is 21.3 Å². The van der Waals surface area contributed by atoms with Crippen LogP contribution >= 0.6 is 0 Å². The Bertz CT molecular complexity index is 700. The maximum Gasteiger partial charge on any atom is 0.158 e. The molecule has 3 rings (SSSR count). The molecule has 0 bridgehead atoms. The molecule has 8 heteroatoms. The summed E-state index contributed by atoms with van der Waals surface area (Å²) in [5, 5.41) is 2.74. The van der Waals surface area contributed by atoms with E-state index in [9.17, 15) is 16.8 Å². The van der Waals surface area contributed by atoms with Crippen LogP contribution in [0.1, 0.15) is 18.6 Å². The van der Waals surface area contributed by atoms with Crippen LogP contribution in [-0.2, 0) is 25.4 Å². The van der Waals surface area contributed by atoms with Gasteiger partial charge in [0.15, 0.2) is 19.7 Å². The van der Waals surface area contributed by atoms with Crippen molar-refractivity contribution in [3.05, 3.63) is 24.2 Å². The normalized spacial score (nSPS) is 21.5. The van der Waals surface area contributed by atoms with Gasteiger partial charge in [0.2, 0.25) is 0 Å². The average molecular weight is 347 g/mol. The minimum Gasteiger partial charge on any atom is -0.468 e. The van der Waals surface area contributed by atoms with E-state index in [0.717, 1.165) is 25.9 Å². The van der Waals surface area contributed by atoms with Crippen molar-refractivity contribution in [2.45, 2.75) is 23.8 Å². The van der Waals surface area contributed by atoms with Crippen LogP contribution in [0.5, 0.6) is 0 Å². The van der Waals surface area contributed by atoms with Gasteiger partial charge in [0, 0.05) is 19.0 Å². The van der Waals surface area contributed by atoms with E-state index in [1.165, 1.54) is 6.26 Å². The molecule has 1 aromatic heterocycles. The maximum absolute atomic E-state index is 12.6. The van der Waals surface area contributed by atoms with Gasteiger partial charge in [-0.3, -0.25) is 0 Å². The number of hydrogen-bond acceptors (Lipinski definition) is 6. The first-order valence-electron chi connectivity index (χ1n) is 7.52. The molecular weight excluding hydrogens is 326 g/mol.